The van der Waals surface area contributed by atoms with Crippen molar-refractivity contribution in [3.63, 3.8) is 0 Å². The Bertz CT molecular complexity index is 263. The van der Waals surface area contributed by atoms with E-state index in [0.717, 1.165) is 0 Å². The van der Waals surface area contributed by atoms with Crippen LogP contribution in [0.1, 0.15) is 0 Å². The molecule has 2 heterocycles. The Morgan fingerprint density at radius 1 is 1.55 bits per heavy atom. The number of anilines is 1. The molecule has 0 saturated heterocycles. The normalized spacial score (nSPS) is 9.82. The van der Waals surface area contributed by atoms with E-state index in [1.54, 1.807) is 12.4 Å². The van der Waals surface area contributed by atoms with E-state index >= 15 is 0 Å². The van der Waals surface area contributed by atoms with E-state index in [2.05, 4.69) is 25.7 Å². The third-order valence-electron chi connectivity index (χ3n) is 1.14. The lowest BCUT2D eigenvalue weighted by Crippen LogP contribution is -2.10. The van der Waals surface area contributed by atoms with Crippen LogP contribution < -0.4 is 5.43 Å². The third kappa shape index (κ3) is 1.18. The van der Waals surface area contributed by atoms with Crippen molar-refractivity contribution < 1.29 is 0 Å². The smallest absolute Gasteiger partial charge is 0.239 e. The summed E-state index contributed by atoms with van der Waals surface area (Å²) < 4.78 is 0. The number of aromatic amines is 1. The van der Waals surface area contributed by atoms with E-state index in [1.165, 1.54) is 11.1 Å². The molecule has 0 radical (unpaired) electrons. The average Bonchev–Trinajstić information content (AvgIpc) is 2.60. The molecule has 2 aromatic rings. The van der Waals surface area contributed by atoms with Crippen LogP contribution in [0.3, 0.4) is 0 Å². The Hall–Kier alpha value is -1.85. The highest BCUT2D eigenvalue weighted by atomic mass is 15.6. The number of aromatic nitrogens is 5. The summed E-state index contributed by atoms with van der Waals surface area (Å²) in [6.07, 6.45) is 4.86. The molecule has 6 heteroatoms. The van der Waals surface area contributed by atoms with Gasteiger partial charge in [0.25, 0.3) is 0 Å². The molecule has 0 fully saturated rings. The van der Waals surface area contributed by atoms with Crippen LogP contribution in [0, 0.1) is 0 Å². The molecule has 0 atom stereocenters. The van der Waals surface area contributed by atoms with Gasteiger partial charge in [0.15, 0.2) is 0 Å². The summed E-state index contributed by atoms with van der Waals surface area (Å²) >= 11 is 0. The van der Waals surface area contributed by atoms with Crippen molar-refractivity contribution in [3.8, 4) is 0 Å². The van der Waals surface area contributed by atoms with E-state index in [9.17, 15) is 0 Å². The van der Waals surface area contributed by atoms with Gasteiger partial charge in [0.2, 0.25) is 5.95 Å². The summed E-state index contributed by atoms with van der Waals surface area (Å²) in [5.41, 5.74) is 2.84. The number of rotatable bonds is 2. The van der Waals surface area contributed by atoms with Gasteiger partial charge in [-0.1, -0.05) is 0 Å². The van der Waals surface area contributed by atoms with E-state index in [-0.39, 0.29) is 0 Å². The summed E-state index contributed by atoms with van der Waals surface area (Å²) in [6.45, 7) is 0. The SMILES string of the molecule is c1cnn(Nc2ncn[nH]2)c1. The van der Waals surface area contributed by atoms with Gasteiger partial charge in [0.1, 0.15) is 6.33 Å². The lowest BCUT2D eigenvalue weighted by Gasteiger charge is -1.98. The zero-order valence-electron chi connectivity index (χ0n) is 5.60. The van der Waals surface area contributed by atoms with E-state index in [1.807, 2.05) is 6.07 Å². The minimum absolute atomic E-state index is 0.564. The van der Waals surface area contributed by atoms with Gasteiger partial charge in [0, 0.05) is 6.20 Å². The van der Waals surface area contributed by atoms with E-state index < -0.39 is 0 Å². The molecule has 56 valence electrons. The van der Waals surface area contributed by atoms with Crippen LogP contribution >= 0.6 is 0 Å². The molecular weight excluding hydrogens is 144 g/mol. The standard InChI is InChI=1S/C5H6N6/c1-2-8-11(3-1)10-5-6-4-7-9-5/h1-4H,(H2,6,7,9,10). The van der Waals surface area contributed by atoms with Crippen LogP contribution in [0.4, 0.5) is 5.95 Å². The second-order valence-electron chi connectivity index (χ2n) is 1.90. The molecular formula is C5H6N6. The highest BCUT2D eigenvalue weighted by molar-refractivity contribution is 5.18. The summed E-state index contributed by atoms with van der Waals surface area (Å²) in [6, 6.07) is 1.81. The molecule has 0 unspecified atom stereocenters. The van der Waals surface area contributed by atoms with Crippen molar-refractivity contribution in [2.45, 2.75) is 0 Å². The molecule has 0 saturated carbocycles. The highest BCUT2D eigenvalue weighted by Crippen LogP contribution is 1.91. The fourth-order valence-corrected chi connectivity index (χ4v) is 0.703. The Balaban J connectivity index is 2.14. The zero-order valence-corrected chi connectivity index (χ0v) is 5.60. The summed E-state index contributed by atoms with van der Waals surface area (Å²) in [4.78, 5) is 5.38. The van der Waals surface area contributed by atoms with Crippen molar-refractivity contribution in [2.75, 3.05) is 5.43 Å². The highest BCUT2D eigenvalue weighted by Gasteiger charge is 1.92. The maximum Gasteiger partial charge on any atom is 0.239 e. The van der Waals surface area contributed by atoms with Crippen LogP contribution in [0.5, 0.6) is 0 Å². The predicted octanol–water partition coefficient (Wildman–Crippen LogP) is -0.124. The van der Waals surface area contributed by atoms with Crippen LogP contribution in [0.2, 0.25) is 0 Å². The molecule has 0 aliphatic rings. The Morgan fingerprint density at radius 2 is 2.55 bits per heavy atom. The van der Waals surface area contributed by atoms with Crippen LogP contribution in [-0.2, 0) is 0 Å². The van der Waals surface area contributed by atoms with Gasteiger partial charge in [-0.3, -0.25) is 0 Å². The first-order valence-corrected chi connectivity index (χ1v) is 3.07. The second-order valence-corrected chi connectivity index (χ2v) is 1.90. The topological polar surface area (TPSA) is 71.4 Å². The Morgan fingerprint density at radius 3 is 3.18 bits per heavy atom. The van der Waals surface area contributed by atoms with E-state index in [0.29, 0.717) is 5.95 Å². The van der Waals surface area contributed by atoms with Gasteiger partial charge in [-0.2, -0.15) is 20.0 Å². The minimum Gasteiger partial charge on any atom is -0.246 e. The number of nitrogens with one attached hydrogen (secondary N) is 2. The number of H-pyrrole nitrogens is 1. The van der Waals surface area contributed by atoms with Crippen molar-refractivity contribution in [1.82, 2.24) is 25.1 Å². The largest absolute Gasteiger partial charge is 0.246 e. The first kappa shape index (κ1) is 5.90. The molecule has 2 aromatic heterocycles. The predicted molar refractivity (Wildman–Crippen MR) is 37.6 cm³/mol. The van der Waals surface area contributed by atoms with Crippen molar-refractivity contribution >= 4 is 5.95 Å². The number of nitrogens with zero attached hydrogens (tertiary/aromatic N) is 4. The maximum atomic E-state index is 3.91. The Labute approximate surface area is 62.2 Å². The van der Waals surface area contributed by atoms with Crippen LogP contribution in [0.25, 0.3) is 0 Å². The molecule has 0 spiro atoms. The fourth-order valence-electron chi connectivity index (χ4n) is 0.703. The van der Waals surface area contributed by atoms with Gasteiger partial charge in [-0.05, 0) is 6.07 Å². The molecule has 0 bridgehead atoms. The molecule has 0 aliphatic carbocycles. The lowest BCUT2D eigenvalue weighted by molar-refractivity contribution is 0.787. The first-order valence-electron chi connectivity index (χ1n) is 3.07. The summed E-state index contributed by atoms with van der Waals surface area (Å²) in [5, 5.41) is 10.2. The molecule has 2 rings (SSSR count). The van der Waals surface area contributed by atoms with Gasteiger partial charge in [0.05, 0.1) is 6.20 Å². The molecule has 2 N–H and O–H groups in total. The quantitative estimate of drug-likeness (QED) is 0.625. The molecule has 6 nitrogen and oxygen atoms in total. The van der Waals surface area contributed by atoms with Gasteiger partial charge in [-0.15, -0.1) is 0 Å². The van der Waals surface area contributed by atoms with Gasteiger partial charge in [-0.25, -0.2) is 10.5 Å². The lowest BCUT2D eigenvalue weighted by atomic mass is 10.8. The van der Waals surface area contributed by atoms with Crippen LogP contribution in [-0.4, -0.2) is 25.1 Å². The van der Waals surface area contributed by atoms with Crippen molar-refractivity contribution in [1.29, 1.82) is 0 Å². The minimum atomic E-state index is 0.564. The summed E-state index contributed by atoms with van der Waals surface area (Å²) in [7, 11) is 0. The number of hydrogen-bond acceptors (Lipinski definition) is 4. The van der Waals surface area contributed by atoms with Crippen LogP contribution in [0.15, 0.2) is 24.8 Å². The zero-order chi connectivity index (χ0) is 7.52. The average molecular weight is 150 g/mol. The molecule has 11 heavy (non-hydrogen) atoms. The second kappa shape index (κ2) is 2.41. The third-order valence-corrected chi connectivity index (χ3v) is 1.14. The molecule has 0 amide bonds. The number of hydrogen-bond donors (Lipinski definition) is 2. The molecule has 0 aliphatic heterocycles. The first-order chi connectivity index (χ1) is 5.45. The van der Waals surface area contributed by atoms with Gasteiger partial charge < -0.3 is 0 Å². The maximum absolute atomic E-state index is 3.91. The fraction of sp³-hybridized carbons (Fsp3) is 0. The monoisotopic (exact) mass is 150 g/mol. The summed E-state index contributed by atoms with van der Waals surface area (Å²) in [5.74, 6) is 0.564. The molecule has 0 aromatic carbocycles. The van der Waals surface area contributed by atoms with Crippen molar-refractivity contribution in [2.24, 2.45) is 0 Å². The van der Waals surface area contributed by atoms with Gasteiger partial charge >= 0.3 is 0 Å². The van der Waals surface area contributed by atoms with E-state index in [4.69, 9.17) is 0 Å². The van der Waals surface area contributed by atoms with Crippen molar-refractivity contribution in [3.05, 3.63) is 24.8 Å². The Kier molecular flexibility index (Phi) is 1.29.